The summed E-state index contributed by atoms with van der Waals surface area (Å²) < 4.78 is 0. The fourth-order valence-electron chi connectivity index (χ4n) is 2.71. The fraction of sp³-hybridized carbons (Fsp3) is 0.235. The summed E-state index contributed by atoms with van der Waals surface area (Å²) in [5.74, 6) is 0. The summed E-state index contributed by atoms with van der Waals surface area (Å²) in [6.45, 7) is 3.30. The van der Waals surface area contributed by atoms with Crippen LogP contribution in [0.3, 0.4) is 0 Å². The van der Waals surface area contributed by atoms with Crippen molar-refractivity contribution in [2.45, 2.75) is 0 Å². The number of piperazine rings is 1. The Hall–Kier alpha value is -2.04. The molecule has 3 rings (SSSR count). The van der Waals surface area contributed by atoms with Gasteiger partial charge in [0.1, 0.15) is 0 Å². The average molecular weight is 316 g/mol. The van der Waals surface area contributed by atoms with Crippen molar-refractivity contribution in [3.8, 4) is 0 Å². The summed E-state index contributed by atoms with van der Waals surface area (Å²) in [6, 6.07) is 17.6. The number of carbonyl (C=O) groups excluding carboxylic acids is 1. The number of rotatable bonds is 4. The Morgan fingerprint density at radius 3 is 2.32 bits per heavy atom. The van der Waals surface area contributed by atoms with E-state index in [1.165, 1.54) is 0 Å². The molecule has 5 heteroatoms. The second-order valence-corrected chi connectivity index (χ2v) is 5.64. The number of carbonyl (C=O) groups is 1. The van der Waals surface area contributed by atoms with E-state index in [0.29, 0.717) is 0 Å². The number of hydrogen-bond acceptors (Lipinski definition) is 3. The van der Waals surface area contributed by atoms with Crippen molar-refractivity contribution in [3.63, 3.8) is 0 Å². The van der Waals surface area contributed by atoms with Gasteiger partial charge in [-0.3, -0.25) is 4.79 Å². The third kappa shape index (κ3) is 3.24. The average Bonchev–Trinajstić information content (AvgIpc) is 2.57. The van der Waals surface area contributed by atoms with E-state index in [1.807, 2.05) is 48.5 Å². The van der Waals surface area contributed by atoms with Crippen LogP contribution in [0.5, 0.6) is 0 Å². The summed E-state index contributed by atoms with van der Waals surface area (Å²) >= 11 is 6.05. The second-order valence-electron chi connectivity index (χ2n) is 5.21. The van der Waals surface area contributed by atoms with E-state index >= 15 is 0 Å². The summed E-state index contributed by atoms with van der Waals surface area (Å²) in [5.41, 5.74) is 2.03. The Balaban J connectivity index is 1.67. The number of benzene rings is 2. The smallest absolute Gasteiger partial charge is 0.228 e. The van der Waals surface area contributed by atoms with Gasteiger partial charge in [-0.1, -0.05) is 35.9 Å². The SMILES string of the molecule is O=CN(c1ccccc1)N1CCN(c2cccc(Cl)c2)CC1. The number of halogens is 1. The van der Waals surface area contributed by atoms with Gasteiger partial charge in [0.2, 0.25) is 6.41 Å². The number of para-hydroxylation sites is 1. The molecule has 0 unspecified atom stereocenters. The van der Waals surface area contributed by atoms with Crippen LogP contribution in [0.25, 0.3) is 0 Å². The largest absolute Gasteiger partial charge is 0.369 e. The number of amides is 1. The summed E-state index contributed by atoms with van der Waals surface area (Å²) in [4.78, 5) is 13.7. The molecule has 0 N–H and O–H groups in total. The van der Waals surface area contributed by atoms with Gasteiger partial charge < -0.3 is 4.90 Å². The first kappa shape index (κ1) is 14.9. The highest BCUT2D eigenvalue weighted by Crippen LogP contribution is 2.22. The zero-order valence-electron chi connectivity index (χ0n) is 12.2. The zero-order chi connectivity index (χ0) is 15.4. The Labute approximate surface area is 135 Å². The maximum Gasteiger partial charge on any atom is 0.228 e. The molecule has 0 spiro atoms. The predicted octanol–water partition coefficient (Wildman–Crippen LogP) is 3.04. The van der Waals surface area contributed by atoms with Gasteiger partial charge in [0.05, 0.1) is 5.69 Å². The van der Waals surface area contributed by atoms with E-state index in [2.05, 4.69) is 16.0 Å². The molecule has 1 amide bonds. The first-order valence-corrected chi connectivity index (χ1v) is 7.71. The van der Waals surface area contributed by atoms with Gasteiger partial charge in [-0.25, -0.2) is 10.0 Å². The van der Waals surface area contributed by atoms with Crippen LogP contribution in [0.1, 0.15) is 0 Å². The van der Waals surface area contributed by atoms with Crippen LogP contribution in [0, 0.1) is 0 Å². The Morgan fingerprint density at radius 2 is 1.68 bits per heavy atom. The van der Waals surface area contributed by atoms with Crippen LogP contribution in [0.2, 0.25) is 5.02 Å². The van der Waals surface area contributed by atoms with Gasteiger partial charge >= 0.3 is 0 Å². The van der Waals surface area contributed by atoms with Crippen molar-refractivity contribution in [3.05, 3.63) is 59.6 Å². The molecule has 1 fully saturated rings. The van der Waals surface area contributed by atoms with Crippen LogP contribution in [-0.2, 0) is 4.79 Å². The Morgan fingerprint density at radius 1 is 0.955 bits per heavy atom. The molecule has 0 bridgehead atoms. The lowest BCUT2D eigenvalue weighted by Gasteiger charge is -2.40. The molecule has 1 saturated heterocycles. The van der Waals surface area contributed by atoms with Crippen LogP contribution >= 0.6 is 11.6 Å². The standard InChI is InChI=1S/C17H18ClN3O/c18-15-5-4-8-17(13-15)19-9-11-20(12-10-19)21(14-22)16-6-2-1-3-7-16/h1-8,13-14H,9-12H2. The van der Waals surface area contributed by atoms with E-state index < -0.39 is 0 Å². The van der Waals surface area contributed by atoms with E-state index in [9.17, 15) is 4.79 Å². The Bertz CT molecular complexity index is 627. The molecule has 0 aliphatic carbocycles. The predicted molar refractivity (Wildman–Crippen MR) is 90.2 cm³/mol. The van der Waals surface area contributed by atoms with Gasteiger partial charge in [0.15, 0.2) is 0 Å². The van der Waals surface area contributed by atoms with E-state index in [0.717, 1.165) is 49.0 Å². The fourth-order valence-corrected chi connectivity index (χ4v) is 2.90. The van der Waals surface area contributed by atoms with Crippen LogP contribution in [0.4, 0.5) is 11.4 Å². The van der Waals surface area contributed by atoms with E-state index in [4.69, 9.17) is 11.6 Å². The van der Waals surface area contributed by atoms with Crippen molar-refractivity contribution < 1.29 is 4.79 Å². The second kappa shape index (κ2) is 6.81. The van der Waals surface area contributed by atoms with Gasteiger partial charge in [-0.05, 0) is 30.3 Å². The van der Waals surface area contributed by atoms with Gasteiger partial charge in [0, 0.05) is 36.9 Å². The normalized spacial score (nSPS) is 15.6. The number of anilines is 2. The lowest BCUT2D eigenvalue weighted by molar-refractivity contribution is -0.110. The minimum Gasteiger partial charge on any atom is -0.369 e. The van der Waals surface area contributed by atoms with Crippen molar-refractivity contribution in [2.75, 3.05) is 36.1 Å². The van der Waals surface area contributed by atoms with Crippen LogP contribution in [0.15, 0.2) is 54.6 Å². The molecule has 0 radical (unpaired) electrons. The maximum atomic E-state index is 11.5. The van der Waals surface area contributed by atoms with E-state index in [-0.39, 0.29) is 0 Å². The lowest BCUT2D eigenvalue weighted by Crippen LogP contribution is -2.53. The van der Waals surface area contributed by atoms with Crippen molar-refractivity contribution in [1.29, 1.82) is 0 Å². The van der Waals surface area contributed by atoms with Crippen LogP contribution in [-0.4, -0.2) is 37.6 Å². The molecular formula is C17H18ClN3O. The third-order valence-corrected chi connectivity index (χ3v) is 4.09. The molecule has 22 heavy (non-hydrogen) atoms. The molecule has 1 heterocycles. The molecular weight excluding hydrogens is 298 g/mol. The van der Waals surface area contributed by atoms with Gasteiger partial charge in [-0.15, -0.1) is 0 Å². The zero-order valence-corrected chi connectivity index (χ0v) is 13.0. The maximum absolute atomic E-state index is 11.5. The van der Waals surface area contributed by atoms with Gasteiger partial charge in [0.25, 0.3) is 0 Å². The molecule has 1 aliphatic heterocycles. The third-order valence-electron chi connectivity index (χ3n) is 3.85. The van der Waals surface area contributed by atoms with Crippen molar-refractivity contribution in [1.82, 2.24) is 5.01 Å². The molecule has 2 aromatic carbocycles. The molecule has 0 saturated carbocycles. The minimum atomic E-state index is 0.749. The molecule has 0 aromatic heterocycles. The highest BCUT2D eigenvalue weighted by molar-refractivity contribution is 6.30. The quantitative estimate of drug-likeness (QED) is 0.811. The van der Waals surface area contributed by atoms with Crippen LogP contribution < -0.4 is 9.91 Å². The first-order chi connectivity index (χ1) is 10.8. The summed E-state index contributed by atoms with van der Waals surface area (Å²) in [5, 5.41) is 4.51. The molecule has 2 aromatic rings. The highest BCUT2D eigenvalue weighted by Gasteiger charge is 2.22. The molecule has 114 valence electrons. The van der Waals surface area contributed by atoms with Crippen molar-refractivity contribution in [2.24, 2.45) is 0 Å². The number of hydrazine groups is 1. The molecule has 4 nitrogen and oxygen atoms in total. The molecule has 1 aliphatic rings. The van der Waals surface area contributed by atoms with Crippen molar-refractivity contribution >= 4 is 29.4 Å². The Kier molecular flexibility index (Phi) is 4.61. The monoisotopic (exact) mass is 315 g/mol. The highest BCUT2D eigenvalue weighted by atomic mass is 35.5. The topological polar surface area (TPSA) is 26.8 Å². The lowest BCUT2D eigenvalue weighted by atomic mass is 10.2. The minimum absolute atomic E-state index is 0.749. The number of hydrogen-bond donors (Lipinski definition) is 0. The number of nitrogens with zero attached hydrogens (tertiary/aromatic N) is 3. The first-order valence-electron chi connectivity index (χ1n) is 7.33. The summed E-state index contributed by atoms with van der Waals surface area (Å²) in [7, 11) is 0. The molecule has 0 atom stereocenters. The summed E-state index contributed by atoms with van der Waals surface area (Å²) in [6.07, 6.45) is 0.879. The van der Waals surface area contributed by atoms with Gasteiger partial charge in [-0.2, -0.15) is 0 Å². The van der Waals surface area contributed by atoms with E-state index in [1.54, 1.807) is 5.01 Å².